The van der Waals surface area contributed by atoms with Crippen molar-refractivity contribution in [2.45, 2.75) is 31.0 Å². The molecule has 2 rings (SSSR count). The third-order valence-electron chi connectivity index (χ3n) is 2.69. The predicted octanol–water partition coefficient (Wildman–Crippen LogP) is 3.92. The molecule has 0 aliphatic rings. The Bertz CT molecular complexity index is 436. The van der Waals surface area contributed by atoms with Gasteiger partial charge in [0.25, 0.3) is 0 Å². The van der Waals surface area contributed by atoms with E-state index >= 15 is 0 Å². The van der Waals surface area contributed by atoms with Crippen LogP contribution in [-0.2, 0) is 12.8 Å². The Hall–Kier alpha value is -1.09. The fourth-order valence-corrected chi connectivity index (χ4v) is 2.26. The number of furan rings is 1. The van der Waals surface area contributed by atoms with E-state index in [4.69, 9.17) is 4.42 Å². The molecule has 0 aliphatic carbocycles. The summed E-state index contributed by atoms with van der Waals surface area (Å²) in [6, 6.07) is 8.15. The first kappa shape index (κ1) is 12.4. The topological polar surface area (TPSA) is 26.0 Å². The van der Waals surface area contributed by atoms with Crippen LogP contribution in [0.5, 0.6) is 0 Å². The zero-order valence-electron chi connectivity index (χ0n) is 9.90. The lowest BCUT2D eigenvalue weighted by Crippen LogP contribution is -2.05. The highest BCUT2D eigenvalue weighted by Gasteiger charge is 2.07. The molecule has 0 fully saturated rings. The van der Waals surface area contributed by atoms with E-state index in [-0.39, 0.29) is 0 Å². The van der Waals surface area contributed by atoms with Crippen molar-refractivity contribution in [2.75, 3.05) is 0 Å². The maximum Gasteiger partial charge on any atom is 0.103 e. The Kier molecular flexibility index (Phi) is 4.37. The van der Waals surface area contributed by atoms with Gasteiger partial charge < -0.3 is 4.42 Å². The summed E-state index contributed by atoms with van der Waals surface area (Å²) in [5.41, 5.74) is 2.34. The third-order valence-corrected chi connectivity index (χ3v) is 3.47. The van der Waals surface area contributed by atoms with E-state index in [9.17, 15) is 0 Å². The molecule has 90 valence electrons. The molecule has 3 heteroatoms. The zero-order valence-corrected chi connectivity index (χ0v) is 11.5. The van der Waals surface area contributed by atoms with Gasteiger partial charge in [0.05, 0.1) is 6.26 Å². The van der Waals surface area contributed by atoms with Crippen LogP contribution in [0, 0.1) is 6.92 Å². The summed E-state index contributed by atoms with van der Waals surface area (Å²) in [5.74, 6) is 1.05. The number of hydrogen-bond acceptors (Lipinski definition) is 2. The minimum Gasteiger partial charge on any atom is -0.469 e. The number of rotatable bonds is 5. The van der Waals surface area contributed by atoms with Crippen molar-refractivity contribution in [3.63, 3.8) is 0 Å². The van der Waals surface area contributed by atoms with Crippen molar-refractivity contribution in [3.05, 3.63) is 53.7 Å². The molecule has 2 heterocycles. The van der Waals surface area contributed by atoms with E-state index in [1.807, 2.05) is 18.3 Å². The quantitative estimate of drug-likeness (QED) is 0.781. The van der Waals surface area contributed by atoms with E-state index < -0.39 is 0 Å². The third kappa shape index (κ3) is 4.00. The second-order valence-corrected chi connectivity index (χ2v) is 5.54. The smallest absolute Gasteiger partial charge is 0.103 e. The molecule has 0 N–H and O–H groups in total. The number of aryl methyl sites for hydroxylation is 2. The van der Waals surface area contributed by atoms with Crippen molar-refractivity contribution >= 4 is 15.9 Å². The van der Waals surface area contributed by atoms with E-state index in [0.29, 0.717) is 4.83 Å². The Balaban J connectivity index is 1.80. The lowest BCUT2D eigenvalue weighted by Gasteiger charge is -2.08. The van der Waals surface area contributed by atoms with Crippen LogP contribution < -0.4 is 0 Å². The molecule has 2 nitrogen and oxygen atoms in total. The predicted molar refractivity (Wildman–Crippen MR) is 72.4 cm³/mol. The minimum absolute atomic E-state index is 0.447. The van der Waals surface area contributed by atoms with E-state index in [0.717, 1.165) is 30.7 Å². The Morgan fingerprint density at radius 3 is 2.88 bits per heavy atom. The number of hydrogen-bond donors (Lipinski definition) is 0. The molecule has 0 aromatic carbocycles. The van der Waals surface area contributed by atoms with Crippen LogP contribution >= 0.6 is 15.9 Å². The standard InChI is InChI=1S/C14H16BrNO/c1-11-4-6-13(16-10-11)9-12(15)5-7-14-3-2-8-17-14/h2-4,6,8,10,12H,5,7,9H2,1H3. The molecule has 1 unspecified atom stereocenters. The maximum absolute atomic E-state index is 5.31. The highest BCUT2D eigenvalue weighted by molar-refractivity contribution is 9.09. The number of pyridine rings is 1. The van der Waals surface area contributed by atoms with Gasteiger partial charge in [-0.2, -0.15) is 0 Å². The van der Waals surface area contributed by atoms with Gasteiger partial charge in [-0.05, 0) is 37.1 Å². The van der Waals surface area contributed by atoms with Gasteiger partial charge in [0.1, 0.15) is 5.76 Å². The van der Waals surface area contributed by atoms with Gasteiger partial charge in [0, 0.05) is 29.6 Å². The number of nitrogens with zero attached hydrogens (tertiary/aromatic N) is 1. The number of halogens is 1. The fraction of sp³-hybridized carbons (Fsp3) is 0.357. The first-order valence-electron chi connectivity index (χ1n) is 5.82. The highest BCUT2D eigenvalue weighted by atomic mass is 79.9. The normalized spacial score (nSPS) is 12.6. The minimum atomic E-state index is 0.447. The van der Waals surface area contributed by atoms with Gasteiger partial charge in [0.15, 0.2) is 0 Å². The zero-order chi connectivity index (χ0) is 12.1. The average molecular weight is 294 g/mol. The van der Waals surface area contributed by atoms with E-state index in [2.05, 4.69) is 40.0 Å². The van der Waals surface area contributed by atoms with Gasteiger partial charge >= 0.3 is 0 Å². The first-order valence-corrected chi connectivity index (χ1v) is 6.73. The fourth-order valence-electron chi connectivity index (χ4n) is 1.70. The molecule has 0 saturated heterocycles. The van der Waals surface area contributed by atoms with Crippen molar-refractivity contribution < 1.29 is 4.42 Å². The largest absolute Gasteiger partial charge is 0.469 e. The van der Waals surface area contributed by atoms with Crippen LogP contribution in [0.25, 0.3) is 0 Å². The summed E-state index contributed by atoms with van der Waals surface area (Å²) < 4.78 is 5.31. The molecule has 0 spiro atoms. The molecule has 2 aromatic heterocycles. The molecular weight excluding hydrogens is 278 g/mol. The summed E-state index contributed by atoms with van der Waals surface area (Å²) in [7, 11) is 0. The van der Waals surface area contributed by atoms with Crippen LogP contribution in [0.15, 0.2) is 41.1 Å². The van der Waals surface area contributed by atoms with E-state index in [1.165, 1.54) is 5.56 Å². The van der Waals surface area contributed by atoms with Gasteiger partial charge in [-0.25, -0.2) is 0 Å². The molecule has 0 bridgehead atoms. The first-order chi connectivity index (χ1) is 8.24. The van der Waals surface area contributed by atoms with Gasteiger partial charge in [-0.15, -0.1) is 0 Å². The van der Waals surface area contributed by atoms with Crippen LogP contribution in [-0.4, -0.2) is 9.81 Å². The molecule has 0 radical (unpaired) electrons. The lowest BCUT2D eigenvalue weighted by molar-refractivity contribution is 0.500. The molecule has 0 aliphatic heterocycles. The highest BCUT2D eigenvalue weighted by Crippen LogP contribution is 2.15. The number of alkyl halides is 1. The SMILES string of the molecule is Cc1ccc(CC(Br)CCc2ccco2)nc1. The average Bonchev–Trinajstić information content (AvgIpc) is 2.83. The molecule has 1 atom stereocenters. The van der Waals surface area contributed by atoms with Crippen LogP contribution in [0.1, 0.15) is 23.4 Å². The van der Waals surface area contributed by atoms with Gasteiger partial charge in [0.2, 0.25) is 0 Å². The summed E-state index contributed by atoms with van der Waals surface area (Å²) in [5, 5.41) is 0. The second-order valence-electron chi connectivity index (χ2n) is 4.25. The van der Waals surface area contributed by atoms with Crippen LogP contribution in [0.3, 0.4) is 0 Å². The number of aromatic nitrogens is 1. The maximum atomic E-state index is 5.31. The summed E-state index contributed by atoms with van der Waals surface area (Å²) in [6.07, 6.45) is 6.63. The van der Waals surface area contributed by atoms with Crippen molar-refractivity contribution in [2.24, 2.45) is 0 Å². The van der Waals surface area contributed by atoms with E-state index in [1.54, 1.807) is 6.26 Å². The summed E-state index contributed by atoms with van der Waals surface area (Å²) in [4.78, 5) is 4.86. The molecule has 0 saturated carbocycles. The van der Waals surface area contributed by atoms with Crippen molar-refractivity contribution in [3.8, 4) is 0 Å². The molecule has 17 heavy (non-hydrogen) atoms. The second kappa shape index (κ2) is 6.01. The Morgan fingerprint density at radius 2 is 2.24 bits per heavy atom. The molecule has 2 aromatic rings. The Labute approximate surface area is 110 Å². The summed E-state index contributed by atoms with van der Waals surface area (Å²) in [6.45, 7) is 2.05. The van der Waals surface area contributed by atoms with Crippen LogP contribution in [0.2, 0.25) is 0 Å². The Morgan fingerprint density at radius 1 is 1.35 bits per heavy atom. The van der Waals surface area contributed by atoms with Crippen molar-refractivity contribution in [1.29, 1.82) is 0 Å². The van der Waals surface area contributed by atoms with Crippen molar-refractivity contribution in [1.82, 2.24) is 4.98 Å². The monoisotopic (exact) mass is 293 g/mol. The van der Waals surface area contributed by atoms with Gasteiger partial charge in [-0.3, -0.25) is 4.98 Å². The molecular formula is C14H16BrNO. The van der Waals surface area contributed by atoms with Crippen LogP contribution in [0.4, 0.5) is 0 Å². The van der Waals surface area contributed by atoms with Gasteiger partial charge in [-0.1, -0.05) is 22.0 Å². The summed E-state index contributed by atoms with van der Waals surface area (Å²) >= 11 is 3.70. The lowest BCUT2D eigenvalue weighted by atomic mass is 10.1. The molecule has 0 amide bonds.